The molecular formula is C21H23Cl2FN4O. The summed E-state index contributed by atoms with van der Waals surface area (Å²) in [6, 6.07) is 13.7. The van der Waals surface area contributed by atoms with E-state index in [1.165, 1.54) is 10.7 Å². The fraction of sp³-hybridized carbons (Fsp3) is 0.238. The highest BCUT2D eigenvalue weighted by molar-refractivity contribution is 6.31. The minimum atomic E-state index is -0.362. The van der Waals surface area contributed by atoms with E-state index in [2.05, 4.69) is 5.10 Å². The molecule has 4 N–H and O–H groups in total. The van der Waals surface area contributed by atoms with Crippen LogP contribution in [0, 0.1) is 5.82 Å². The van der Waals surface area contributed by atoms with Gasteiger partial charge in [-0.2, -0.15) is 5.10 Å². The van der Waals surface area contributed by atoms with Crippen LogP contribution < -0.4 is 17.0 Å². The zero-order valence-electron chi connectivity index (χ0n) is 15.8. The van der Waals surface area contributed by atoms with Crippen LogP contribution >= 0.6 is 24.0 Å². The predicted molar refractivity (Wildman–Crippen MR) is 117 cm³/mol. The van der Waals surface area contributed by atoms with Crippen molar-refractivity contribution in [2.24, 2.45) is 11.5 Å². The molecule has 0 amide bonds. The first-order valence-corrected chi connectivity index (χ1v) is 9.44. The number of rotatable bonds is 7. The minimum Gasteiger partial charge on any atom is -0.330 e. The van der Waals surface area contributed by atoms with Crippen LogP contribution in [0.25, 0.3) is 11.3 Å². The molecule has 29 heavy (non-hydrogen) atoms. The smallest absolute Gasteiger partial charge is 0.270 e. The molecule has 0 atom stereocenters. The molecule has 0 aliphatic rings. The summed E-state index contributed by atoms with van der Waals surface area (Å²) in [7, 11) is 0. The van der Waals surface area contributed by atoms with E-state index < -0.39 is 0 Å². The van der Waals surface area contributed by atoms with Crippen LogP contribution in [0.5, 0.6) is 0 Å². The predicted octanol–water partition coefficient (Wildman–Crippen LogP) is 3.52. The van der Waals surface area contributed by atoms with Crippen LogP contribution in [-0.4, -0.2) is 16.3 Å². The molecular weight excluding hydrogens is 414 g/mol. The lowest BCUT2D eigenvalue weighted by Crippen LogP contribution is -2.27. The van der Waals surface area contributed by atoms with E-state index in [1.807, 2.05) is 18.2 Å². The van der Waals surface area contributed by atoms with Gasteiger partial charge in [0.2, 0.25) is 0 Å². The Kier molecular flexibility index (Phi) is 8.34. The number of hydrogen-bond donors (Lipinski definition) is 2. The SMILES string of the molecule is Cl.NCCCc1cc(-c2ccc(F)c(CN)c2)nn(Cc2ccccc2Cl)c1=O. The average Bonchev–Trinajstić information content (AvgIpc) is 2.70. The van der Waals surface area contributed by atoms with Gasteiger partial charge >= 0.3 is 0 Å². The van der Waals surface area contributed by atoms with Crippen molar-refractivity contribution in [1.29, 1.82) is 0 Å². The van der Waals surface area contributed by atoms with Crippen LogP contribution in [0.1, 0.15) is 23.1 Å². The Balaban J connectivity index is 0.00000300. The third kappa shape index (κ3) is 5.42. The molecule has 1 heterocycles. The molecule has 0 radical (unpaired) electrons. The monoisotopic (exact) mass is 436 g/mol. The van der Waals surface area contributed by atoms with E-state index in [-0.39, 0.29) is 36.9 Å². The highest BCUT2D eigenvalue weighted by Crippen LogP contribution is 2.21. The van der Waals surface area contributed by atoms with Crippen molar-refractivity contribution in [3.8, 4) is 11.3 Å². The van der Waals surface area contributed by atoms with Gasteiger partial charge in [0, 0.05) is 28.3 Å². The molecule has 5 nitrogen and oxygen atoms in total. The summed E-state index contributed by atoms with van der Waals surface area (Å²) in [4.78, 5) is 12.9. The number of aromatic nitrogens is 2. The molecule has 2 aromatic carbocycles. The van der Waals surface area contributed by atoms with Crippen molar-refractivity contribution in [3.63, 3.8) is 0 Å². The zero-order valence-corrected chi connectivity index (χ0v) is 17.3. The molecule has 8 heteroatoms. The Hall–Kier alpha value is -2.25. The first kappa shape index (κ1) is 23.0. The van der Waals surface area contributed by atoms with Crippen molar-refractivity contribution in [1.82, 2.24) is 9.78 Å². The van der Waals surface area contributed by atoms with E-state index in [9.17, 15) is 9.18 Å². The van der Waals surface area contributed by atoms with Gasteiger partial charge < -0.3 is 11.5 Å². The summed E-state index contributed by atoms with van der Waals surface area (Å²) in [6.07, 6.45) is 1.22. The van der Waals surface area contributed by atoms with Gasteiger partial charge in [-0.15, -0.1) is 12.4 Å². The highest BCUT2D eigenvalue weighted by atomic mass is 35.5. The fourth-order valence-electron chi connectivity index (χ4n) is 3.00. The van der Waals surface area contributed by atoms with Crippen LogP contribution in [0.15, 0.2) is 53.3 Å². The molecule has 3 rings (SSSR count). The van der Waals surface area contributed by atoms with E-state index >= 15 is 0 Å². The van der Waals surface area contributed by atoms with Crippen molar-refractivity contribution in [2.75, 3.05) is 6.54 Å². The summed E-state index contributed by atoms with van der Waals surface area (Å²) >= 11 is 6.25. The third-order valence-electron chi connectivity index (χ3n) is 4.54. The molecule has 0 unspecified atom stereocenters. The average molecular weight is 437 g/mol. The molecule has 0 bridgehead atoms. The van der Waals surface area contributed by atoms with Gasteiger partial charge in [-0.3, -0.25) is 4.79 Å². The molecule has 3 aromatic rings. The maximum Gasteiger partial charge on any atom is 0.270 e. The first-order valence-electron chi connectivity index (χ1n) is 9.07. The summed E-state index contributed by atoms with van der Waals surface area (Å²) in [5, 5.41) is 5.07. The van der Waals surface area contributed by atoms with E-state index in [0.29, 0.717) is 46.8 Å². The van der Waals surface area contributed by atoms with Crippen molar-refractivity contribution >= 4 is 24.0 Å². The maximum atomic E-state index is 13.8. The summed E-state index contributed by atoms with van der Waals surface area (Å²) < 4.78 is 15.2. The van der Waals surface area contributed by atoms with Gasteiger partial charge in [-0.25, -0.2) is 9.07 Å². The number of nitrogens with zero attached hydrogens (tertiary/aromatic N) is 2. The lowest BCUT2D eigenvalue weighted by molar-refractivity contribution is 0.610. The molecule has 0 saturated heterocycles. The Labute approximate surface area is 179 Å². The van der Waals surface area contributed by atoms with Crippen LogP contribution in [0.4, 0.5) is 4.39 Å². The summed E-state index contributed by atoms with van der Waals surface area (Å²) in [5.41, 5.74) is 14.1. The largest absolute Gasteiger partial charge is 0.330 e. The Morgan fingerprint density at radius 1 is 1.03 bits per heavy atom. The van der Waals surface area contributed by atoms with Crippen LogP contribution in [0.3, 0.4) is 0 Å². The highest BCUT2D eigenvalue weighted by Gasteiger charge is 2.13. The lowest BCUT2D eigenvalue weighted by Gasteiger charge is -2.12. The quantitative estimate of drug-likeness (QED) is 0.592. The molecule has 0 spiro atoms. The Morgan fingerprint density at radius 3 is 2.48 bits per heavy atom. The summed E-state index contributed by atoms with van der Waals surface area (Å²) in [6.45, 7) is 0.807. The Morgan fingerprint density at radius 2 is 1.79 bits per heavy atom. The normalized spacial score (nSPS) is 10.6. The standard InChI is InChI=1S/C21H22ClFN4O.ClH/c22-18-6-2-1-4-16(18)13-27-21(28)15(5-3-9-24)11-20(26-27)14-7-8-19(23)17(10-14)12-25;/h1-2,4,6-8,10-11H,3,5,9,12-13,24-25H2;1H. The molecule has 154 valence electrons. The van der Waals surface area contributed by atoms with Gasteiger partial charge in [0.1, 0.15) is 5.82 Å². The van der Waals surface area contributed by atoms with E-state index in [1.54, 1.807) is 24.3 Å². The second-order valence-electron chi connectivity index (χ2n) is 6.51. The topological polar surface area (TPSA) is 86.9 Å². The third-order valence-corrected chi connectivity index (χ3v) is 4.91. The summed E-state index contributed by atoms with van der Waals surface area (Å²) in [5.74, 6) is -0.362. The molecule has 0 fully saturated rings. The minimum absolute atomic E-state index is 0. The van der Waals surface area contributed by atoms with Crippen molar-refractivity contribution in [2.45, 2.75) is 25.9 Å². The van der Waals surface area contributed by atoms with Crippen LogP contribution in [-0.2, 0) is 19.5 Å². The van der Waals surface area contributed by atoms with E-state index in [0.717, 1.165) is 5.56 Å². The van der Waals surface area contributed by atoms with E-state index in [4.69, 9.17) is 23.1 Å². The first-order chi connectivity index (χ1) is 13.5. The van der Waals surface area contributed by atoms with Gasteiger partial charge in [0.15, 0.2) is 0 Å². The number of halogens is 3. The van der Waals surface area contributed by atoms with Crippen molar-refractivity contribution < 1.29 is 4.39 Å². The zero-order chi connectivity index (χ0) is 20.1. The second-order valence-corrected chi connectivity index (χ2v) is 6.92. The second kappa shape index (κ2) is 10.5. The molecule has 0 saturated carbocycles. The number of nitrogens with two attached hydrogens (primary N) is 2. The number of aryl methyl sites for hydroxylation is 1. The van der Waals surface area contributed by atoms with Gasteiger partial charge in [0.05, 0.1) is 12.2 Å². The molecule has 1 aromatic heterocycles. The van der Waals surface area contributed by atoms with Gasteiger partial charge in [-0.1, -0.05) is 29.8 Å². The maximum absolute atomic E-state index is 13.8. The Bertz CT molecular complexity index is 1040. The molecule has 0 aliphatic carbocycles. The number of hydrogen-bond acceptors (Lipinski definition) is 4. The molecule has 0 aliphatic heterocycles. The lowest BCUT2D eigenvalue weighted by atomic mass is 10.0. The van der Waals surface area contributed by atoms with Crippen LogP contribution in [0.2, 0.25) is 5.02 Å². The number of benzene rings is 2. The van der Waals surface area contributed by atoms with Crippen molar-refractivity contribution in [3.05, 3.63) is 86.4 Å². The fourth-order valence-corrected chi connectivity index (χ4v) is 3.19. The van der Waals surface area contributed by atoms with Gasteiger partial charge in [-0.05, 0) is 55.3 Å². The van der Waals surface area contributed by atoms with Gasteiger partial charge in [0.25, 0.3) is 5.56 Å².